The van der Waals surface area contributed by atoms with Crippen LogP contribution in [0, 0.1) is 0 Å². The second-order valence-corrected chi connectivity index (χ2v) is 8.07. The monoisotopic (exact) mass is 433 g/mol. The Balaban J connectivity index is 1.34. The summed E-state index contributed by atoms with van der Waals surface area (Å²) in [5, 5.41) is 8.72. The van der Waals surface area contributed by atoms with E-state index < -0.39 is 5.91 Å². The summed E-state index contributed by atoms with van der Waals surface area (Å²) in [6.07, 6.45) is 5.09. The molecule has 32 heavy (non-hydrogen) atoms. The Kier molecular flexibility index (Phi) is 6.63. The number of carbonyl (C=O) groups excluding carboxylic acids is 2. The highest BCUT2D eigenvalue weighted by molar-refractivity contribution is 5.93. The van der Waals surface area contributed by atoms with Crippen LogP contribution in [-0.4, -0.2) is 62.7 Å². The van der Waals surface area contributed by atoms with Crippen molar-refractivity contribution in [3.05, 3.63) is 78.2 Å². The van der Waals surface area contributed by atoms with Gasteiger partial charge in [-0.25, -0.2) is 15.3 Å². The van der Waals surface area contributed by atoms with Gasteiger partial charge in [-0.2, -0.15) is 0 Å². The van der Waals surface area contributed by atoms with Crippen LogP contribution in [0.5, 0.6) is 0 Å². The minimum Gasteiger partial charge on any atom is -0.324 e. The zero-order valence-corrected chi connectivity index (χ0v) is 18.0. The molecule has 2 aromatic carbocycles. The van der Waals surface area contributed by atoms with Crippen molar-refractivity contribution in [2.24, 2.45) is 0 Å². The lowest BCUT2D eigenvalue weighted by Gasteiger charge is -2.36. The van der Waals surface area contributed by atoms with Crippen molar-refractivity contribution in [3.8, 4) is 11.3 Å². The van der Waals surface area contributed by atoms with Crippen LogP contribution in [-0.2, 0) is 6.54 Å². The molecule has 1 aromatic heterocycles. The van der Waals surface area contributed by atoms with Gasteiger partial charge < -0.3 is 4.90 Å². The molecule has 0 spiro atoms. The van der Waals surface area contributed by atoms with E-state index in [1.54, 1.807) is 40.8 Å². The van der Waals surface area contributed by atoms with Crippen molar-refractivity contribution in [1.29, 1.82) is 0 Å². The minimum absolute atomic E-state index is 0.110. The zero-order chi connectivity index (χ0) is 22.5. The van der Waals surface area contributed by atoms with Gasteiger partial charge in [0.1, 0.15) is 6.33 Å². The molecule has 2 N–H and O–H groups in total. The summed E-state index contributed by atoms with van der Waals surface area (Å²) >= 11 is 0. The van der Waals surface area contributed by atoms with Crippen LogP contribution in [0.2, 0.25) is 0 Å². The van der Waals surface area contributed by atoms with Crippen LogP contribution in [0.15, 0.2) is 67.1 Å². The lowest BCUT2D eigenvalue weighted by Crippen LogP contribution is -2.46. The summed E-state index contributed by atoms with van der Waals surface area (Å²) in [7, 11) is 1.85. The highest BCUT2D eigenvalue weighted by atomic mass is 16.5. The Morgan fingerprint density at radius 3 is 2.44 bits per heavy atom. The molecule has 1 fully saturated rings. The van der Waals surface area contributed by atoms with Crippen LogP contribution in [0.4, 0.5) is 4.79 Å². The summed E-state index contributed by atoms with van der Waals surface area (Å²) in [4.78, 5) is 33.0. The molecule has 8 nitrogen and oxygen atoms in total. The first-order chi connectivity index (χ1) is 15.5. The number of hydrogen-bond acceptors (Lipinski definition) is 5. The van der Waals surface area contributed by atoms with Gasteiger partial charge in [0.2, 0.25) is 0 Å². The van der Waals surface area contributed by atoms with Crippen molar-refractivity contribution in [2.45, 2.75) is 25.4 Å². The molecule has 166 valence electrons. The quantitative estimate of drug-likeness (QED) is 0.476. The number of piperidine rings is 1. The molecule has 0 unspecified atom stereocenters. The van der Waals surface area contributed by atoms with Crippen LogP contribution in [0.3, 0.4) is 0 Å². The van der Waals surface area contributed by atoms with E-state index in [9.17, 15) is 9.59 Å². The molecule has 0 atom stereocenters. The van der Waals surface area contributed by atoms with E-state index >= 15 is 0 Å². The smallest absolute Gasteiger partial charge is 0.324 e. The third kappa shape index (κ3) is 4.87. The molecule has 1 saturated heterocycles. The Hall–Kier alpha value is -3.49. The standard InChI is InChI=1S/C24H27N5O3/c1-27(21-11-13-28(14-12-21)15-18-5-3-2-4-6-18)24(31)29-16-22(25-17-29)19-7-9-20(10-8-19)23(30)26-32/h2-10,16-17,21,32H,11-15H2,1H3,(H,26,30). The van der Waals surface area contributed by atoms with Gasteiger partial charge >= 0.3 is 6.03 Å². The number of nitrogens with one attached hydrogen (secondary N) is 1. The third-order valence-electron chi connectivity index (χ3n) is 6.00. The molecule has 1 aliphatic heterocycles. The van der Waals surface area contributed by atoms with E-state index in [0.717, 1.165) is 38.0 Å². The predicted octanol–water partition coefficient (Wildman–Crippen LogP) is 3.23. The van der Waals surface area contributed by atoms with E-state index in [4.69, 9.17) is 5.21 Å². The van der Waals surface area contributed by atoms with Crippen molar-refractivity contribution in [3.63, 3.8) is 0 Å². The number of likely N-dealkylation sites (tertiary alicyclic amines) is 1. The van der Waals surface area contributed by atoms with Crippen LogP contribution >= 0.6 is 0 Å². The molecule has 0 saturated carbocycles. The number of imidazole rings is 1. The summed E-state index contributed by atoms with van der Waals surface area (Å²) in [6.45, 7) is 2.86. The van der Waals surface area contributed by atoms with Gasteiger partial charge in [-0.15, -0.1) is 0 Å². The van der Waals surface area contributed by atoms with Crippen molar-refractivity contribution < 1.29 is 14.8 Å². The normalized spacial score (nSPS) is 14.8. The molecule has 4 rings (SSSR count). The molecule has 3 aromatic rings. The number of benzene rings is 2. The number of aromatic nitrogens is 2. The molecule has 0 bridgehead atoms. The van der Waals surface area contributed by atoms with Gasteiger partial charge in [0.25, 0.3) is 5.91 Å². The Bertz CT molecular complexity index is 1060. The number of rotatable bonds is 5. The molecule has 8 heteroatoms. The predicted molar refractivity (Wildman–Crippen MR) is 120 cm³/mol. The fourth-order valence-corrected chi connectivity index (χ4v) is 4.08. The minimum atomic E-state index is -0.575. The molecule has 1 aliphatic rings. The van der Waals surface area contributed by atoms with Gasteiger partial charge in [0.15, 0.2) is 0 Å². The summed E-state index contributed by atoms with van der Waals surface area (Å²) < 4.78 is 1.50. The summed E-state index contributed by atoms with van der Waals surface area (Å²) in [6, 6.07) is 17.2. The Labute approximate surface area is 187 Å². The van der Waals surface area contributed by atoms with Crippen LogP contribution in [0.1, 0.15) is 28.8 Å². The lowest BCUT2D eigenvalue weighted by molar-refractivity contribution is 0.0706. The maximum atomic E-state index is 13.0. The van der Waals surface area contributed by atoms with Crippen LogP contribution in [0.25, 0.3) is 11.3 Å². The average molecular weight is 434 g/mol. The number of carbonyl (C=O) groups is 2. The first-order valence-electron chi connectivity index (χ1n) is 10.7. The van der Waals surface area contributed by atoms with E-state index in [1.165, 1.54) is 16.5 Å². The van der Waals surface area contributed by atoms with E-state index in [1.807, 2.05) is 13.1 Å². The second kappa shape index (κ2) is 9.76. The summed E-state index contributed by atoms with van der Waals surface area (Å²) in [5.74, 6) is -0.575. The van der Waals surface area contributed by atoms with Crippen molar-refractivity contribution in [2.75, 3.05) is 20.1 Å². The van der Waals surface area contributed by atoms with Gasteiger partial charge in [0, 0.05) is 50.0 Å². The highest BCUT2D eigenvalue weighted by Gasteiger charge is 2.26. The van der Waals surface area contributed by atoms with Gasteiger partial charge in [-0.3, -0.25) is 19.5 Å². The van der Waals surface area contributed by atoms with Crippen molar-refractivity contribution in [1.82, 2.24) is 24.8 Å². The zero-order valence-electron chi connectivity index (χ0n) is 18.0. The SMILES string of the molecule is CN(C(=O)n1cnc(-c2ccc(C(=O)NO)cc2)c1)C1CCN(Cc2ccccc2)CC1. The molecular weight excluding hydrogens is 406 g/mol. The average Bonchev–Trinajstić information content (AvgIpc) is 3.34. The van der Waals surface area contributed by atoms with Gasteiger partial charge in [0.05, 0.1) is 5.69 Å². The van der Waals surface area contributed by atoms with Crippen LogP contribution < -0.4 is 5.48 Å². The number of nitrogens with zero attached hydrogens (tertiary/aromatic N) is 4. The first-order valence-corrected chi connectivity index (χ1v) is 10.7. The first kappa shape index (κ1) is 21.7. The molecule has 2 amide bonds. The maximum Gasteiger partial charge on any atom is 0.329 e. The Morgan fingerprint density at radius 1 is 1.09 bits per heavy atom. The fraction of sp³-hybridized carbons (Fsp3) is 0.292. The largest absolute Gasteiger partial charge is 0.329 e. The number of hydrogen-bond donors (Lipinski definition) is 2. The molecule has 0 aliphatic carbocycles. The second-order valence-electron chi connectivity index (χ2n) is 8.07. The fourth-order valence-electron chi connectivity index (χ4n) is 4.08. The number of hydroxylamine groups is 1. The van der Waals surface area contributed by atoms with E-state index in [0.29, 0.717) is 11.3 Å². The summed E-state index contributed by atoms with van der Waals surface area (Å²) in [5.41, 5.74) is 4.68. The Morgan fingerprint density at radius 2 is 1.78 bits per heavy atom. The van der Waals surface area contributed by atoms with E-state index in [-0.39, 0.29) is 12.1 Å². The van der Waals surface area contributed by atoms with Gasteiger partial charge in [-0.1, -0.05) is 42.5 Å². The third-order valence-corrected chi connectivity index (χ3v) is 6.00. The van der Waals surface area contributed by atoms with Crippen molar-refractivity contribution >= 4 is 11.9 Å². The maximum absolute atomic E-state index is 13.0. The number of amides is 2. The topological polar surface area (TPSA) is 90.7 Å². The van der Waals surface area contributed by atoms with E-state index in [2.05, 4.69) is 34.1 Å². The molecular formula is C24H27N5O3. The lowest BCUT2D eigenvalue weighted by atomic mass is 10.0. The molecule has 0 radical (unpaired) electrons. The van der Waals surface area contributed by atoms with Gasteiger partial charge in [-0.05, 0) is 30.5 Å². The molecule has 2 heterocycles. The highest BCUT2D eigenvalue weighted by Crippen LogP contribution is 2.21.